The Morgan fingerprint density at radius 3 is 3.00 bits per heavy atom. The minimum atomic E-state index is -0.467. The van der Waals surface area contributed by atoms with Gasteiger partial charge in [0.05, 0.1) is 10.8 Å². The van der Waals surface area contributed by atoms with E-state index in [4.69, 9.17) is 11.6 Å². The average molecular weight is 428 g/mol. The quantitative estimate of drug-likeness (QED) is 0.461. The molecule has 0 unspecified atom stereocenters. The molecule has 8 nitrogen and oxygen atoms in total. The monoisotopic (exact) mass is 427 g/mol. The fourth-order valence-corrected chi connectivity index (χ4v) is 4.07. The molecular formula is C21H22ClN5O3. The molecule has 9 heteroatoms. The van der Waals surface area contributed by atoms with Crippen molar-refractivity contribution < 1.29 is 9.72 Å². The number of aromatic nitrogens is 2. The third kappa shape index (κ3) is 4.38. The van der Waals surface area contributed by atoms with Gasteiger partial charge in [0.15, 0.2) is 0 Å². The molecule has 156 valence electrons. The second-order valence-corrected chi connectivity index (χ2v) is 7.90. The zero-order valence-corrected chi connectivity index (χ0v) is 17.1. The van der Waals surface area contributed by atoms with Crippen LogP contribution < -0.4 is 10.2 Å². The molecule has 2 N–H and O–H groups in total. The highest BCUT2D eigenvalue weighted by molar-refractivity contribution is 6.31. The van der Waals surface area contributed by atoms with E-state index in [9.17, 15) is 14.9 Å². The first-order valence-corrected chi connectivity index (χ1v) is 10.3. The van der Waals surface area contributed by atoms with E-state index < -0.39 is 4.92 Å². The van der Waals surface area contributed by atoms with Crippen molar-refractivity contribution in [3.63, 3.8) is 0 Å². The summed E-state index contributed by atoms with van der Waals surface area (Å²) in [6, 6.07) is 8.81. The maximum atomic E-state index is 12.7. The Morgan fingerprint density at radius 1 is 1.37 bits per heavy atom. The second-order valence-electron chi connectivity index (χ2n) is 7.46. The molecule has 0 aliphatic carbocycles. The molecule has 1 amide bonds. The molecule has 3 aromatic rings. The first kappa shape index (κ1) is 20.2. The Hall–Kier alpha value is -3.13. The number of hydrogen-bond donors (Lipinski definition) is 2. The van der Waals surface area contributed by atoms with Gasteiger partial charge in [0.1, 0.15) is 12.0 Å². The number of carbonyl (C=O) groups excluding carboxylic acids is 1. The van der Waals surface area contributed by atoms with Crippen molar-refractivity contribution >= 4 is 39.9 Å². The molecule has 1 fully saturated rings. The Bertz CT molecular complexity index is 1070. The molecule has 4 rings (SSSR count). The summed E-state index contributed by atoms with van der Waals surface area (Å²) in [5.41, 5.74) is 2.11. The maximum absolute atomic E-state index is 12.7. The van der Waals surface area contributed by atoms with Crippen LogP contribution in [0.25, 0.3) is 10.9 Å². The highest BCUT2D eigenvalue weighted by atomic mass is 35.5. The predicted octanol–water partition coefficient (Wildman–Crippen LogP) is 3.70. The van der Waals surface area contributed by atoms with Crippen molar-refractivity contribution in [3.8, 4) is 0 Å². The van der Waals surface area contributed by atoms with Crippen molar-refractivity contribution in [2.24, 2.45) is 5.92 Å². The summed E-state index contributed by atoms with van der Waals surface area (Å²) < 4.78 is 0. The van der Waals surface area contributed by atoms with E-state index in [0.29, 0.717) is 30.4 Å². The number of H-pyrrole nitrogens is 1. The van der Waals surface area contributed by atoms with Gasteiger partial charge in [-0.1, -0.05) is 11.6 Å². The van der Waals surface area contributed by atoms with Crippen molar-refractivity contribution in [3.05, 3.63) is 63.4 Å². The zero-order chi connectivity index (χ0) is 21.1. The number of fused-ring (bicyclic) bond motifs is 1. The molecule has 30 heavy (non-hydrogen) atoms. The fourth-order valence-electron chi connectivity index (χ4n) is 3.89. The number of halogens is 1. The highest BCUT2D eigenvalue weighted by Crippen LogP contribution is 2.24. The Kier molecular flexibility index (Phi) is 5.85. The highest BCUT2D eigenvalue weighted by Gasteiger charge is 2.26. The predicted molar refractivity (Wildman–Crippen MR) is 116 cm³/mol. The summed E-state index contributed by atoms with van der Waals surface area (Å²) in [6.45, 7) is 1.88. The van der Waals surface area contributed by atoms with Crippen LogP contribution in [0.5, 0.6) is 0 Å². The van der Waals surface area contributed by atoms with Crippen LogP contribution in [0.4, 0.5) is 11.5 Å². The van der Waals surface area contributed by atoms with Crippen molar-refractivity contribution in [1.29, 1.82) is 0 Å². The van der Waals surface area contributed by atoms with E-state index in [1.807, 2.05) is 29.3 Å². The molecule has 0 radical (unpaired) electrons. The van der Waals surface area contributed by atoms with E-state index in [-0.39, 0.29) is 17.5 Å². The van der Waals surface area contributed by atoms with Crippen molar-refractivity contribution in [2.45, 2.75) is 19.3 Å². The number of hydrogen-bond acceptors (Lipinski definition) is 5. The Labute approximate surface area is 178 Å². The van der Waals surface area contributed by atoms with Gasteiger partial charge in [-0.2, -0.15) is 0 Å². The number of anilines is 1. The average Bonchev–Trinajstić information content (AvgIpc) is 3.16. The standard InChI is InChI=1S/C21H22ClN5O3/c22-16-3-5-19-18(10-16)14(11-24-19)7-8-23-21(28)15-2-1-9-26(13-15)20-6-4-17(12-25-20)27(29)30/h3-6,10-12,15,24H,1-2,7-9,13H2,(H,23,28)/t15-/m0/s1. The normalized spacial score (nSPS) is 16.6. The summed E-state index contributed by atoms with van der Waals surface area (Å²) in [5, 5.41) is 15.6. The summed E-state index contributed by atoms with van der Waals surface area (Å²) >= 11 is 6.10. The lowest BCUT2D eigenvalue weighted by Gasteiger charge is -2.32. The number of pyridine rings is 1. The first-order chi connectivity index (χ1) is 14.5. The number of nitrogens with one attached hydrogen (secondary N) is 2. The van der Waals surface area contributed by atoms with Gasteiger partial charge in [0.2, 0.25) is 5.91 Å². The van der Waals surface area contributed by atoms with Gasteiger partial charge >= 0.3 is 0 Å². The lowest BCUT2D eigenvalue weighted by Crippen LogP contribution is -2.43. The third-order valence-electron chi connectivity index (χ3n) is 5.48. The summed E-state index contributed by atoms with van der Waals surface area (Å²) in [5.74, 6) is 0.557. The van der Waals surface area contributed by atoms with Crippen LogP contribution in [0.3, 0.4) is 0 Å². The lowest BCUT2D eigenvalue weighted by atomic mass is 9.97. The zero-order valence-electron chi connectivity index (χ0n) is 16.3. The number of benzene rings is 1. The minimum Gasteiger partial charge on any atom is -0.361 e. The number of amides is 1. The minimum absolute atomic E-state index is 0.0273. The molecule has 2 aromatic heterocycles. The molecule has 1 aromatic carbocycles. The molecular weight excluding hydrogens is 406 g/mol. The number of nitrogens with zero attached hydrogens (tertiary/aromatic N) is 3. The summed E-state index contributed by atoms with van der Waals surface area (Å²) in [6.07, 6.45) is 5.62. The molecule has 1 saturated heterocycles. The van der Waals surface area contributed by atoms with Gasteiger partial charge in [0, 0.05) is 47.8 Å². The van der Waals surface area contributed by atoms with Crippen LogP contribution in [0.15, 0.2) is 42.7 Å². The van der Waals surface area contributed by atoms with Gasteiger partial charge in [-0.25, -0.2) is 4.98 Å². The molecule has 3 heterocycles. The number of carbonyl (C=O) groups is 1. The number of piperidine rings is 1. The van der Waals surface area contributed by atoms with E-state index in [1.165, 1.54) is 12.3 Å². The summed E-state index contributed by atoms with van der Waals surface area (Å²) in [4.78, 5) is 32.4. The molecule has 1 atom stereocenters. The molecule has 1 aliphatic rings. The van der Waals surface area contributed by atoms with Gasteiger partial charge in [-0.3, -0.25) is 14.9 Å². The smallest absolute Gasteiger partial charge is 0.287 e. The van der Waals surface area contributed by atoms with E-state index >= 15 is 0 Å². The van der Waals surface area contributed by atoms with Crippen LogP contribution in [0.2, 0.25) is 5.02 Å². The van der Waals surface area contributed by atoms with Gasteiger partial charge in [0.25, 0.3) is 5.69 Å². The second kappa shape index (κ2) is 8.71. The molecule has 0 saturated carbocycles. The van der Waals surface area contributed by atoms with Crippen molar-refractivity contribution in [1.82, 2.24) is 15.3 Å². The molecule has 0 bridgehead atoms. The van der Waals surface area contributed by atoms with E-state index in [1.54, 1.807) is 6.07 Å². The first-order valence-electron chi connectivity index (χ1n) is 9.90. The van der Waals surface area contributed by atoms with E-state index in [0.717, 1.165) is 35.9 Å². The molecule has 0 spiro atoms. The fraction of sp³-hybridized carbons (Fsp3) is 0.333. The van der Waals surface area contributed by atoms with E-state index in [2.05, 4.69) is 15.3 Å². The Morgan fingerprint density at radius 2 is 2.23 bits per heavy atom. The lowest BCUT2D eigenvalue weighted by molar-refractivity contribution is -0.385. The van der Waals surface area contributed by atoms with Crippen LogP contribution in [0, 0.1) is 16.0 Å². The van der Waals surface area contributed by atoms with Gasteiger partial charge < -0.3 is 15.2 Å². The SMILES string of the molecule is O=C(NCCc1c[nH]c2ccc(Cl)cc12)[C@H]1CCCN(c2ccc([N+](=O)[O-])cn2)C1. The van der Waals surface area contributed by atoms with Crippen LogP contribution >= 0.6 is 11.6 Å². The summed E-state index contributed by atoms with van der Waals surface area (Å²) in [7, 11) is 0. The van der Waals surface area contributed by atoms with Gasteiger partial charge in [-0.15, -0.1) is 0 Å². The topological polar surface area (TPSA) is 104 Å². The number of rotatable bonds is 6. The molecule has 1 aliphatic heterocycles. The largest absolute Gasteiger partial charge is 0.361 e. The number of aromatic amines is 1. The van der Waals surface area contributed by atoms with Crippen molar-refractivity contribution in [2.75, 3.05) is 24.5 Å². The third-order valence-corrected chi connectivity index (χ3v) is 5.72. The maximum Gasteiger partial charge on any atom is 0.287 e. The van der Waals surface area contributed by atoms with Crippen LogP contribution in [-0.4, -0.2) is 40.4 Å². The van der Waals surface area contributed by atoms with Gasteiger partial charge in [-0.05, 0) is 49.1 Å². The van der Waals surface area contributed by atoms with Crippen LogP contribution in [0.1, 0.15) is 18.4 Å². The Balaban J connectivity index is 1.33. The number of nitro groups is 1. The van der Waals surface area contributed by atoms with Crippen LogP contribution in [-0.2, 0) is 11.2 Å².